The molecule has 138 valence electrons. The van der Waals surface area contributed by atoms with Crippen molar-refractivity contribution in [3.63, 3.8) is 0 Å². The second-order valence-electron chi connectivity index (χ2n) is 6.27. The van der Waals surface area contributed by atoms with Crippen LogP contribution in [0.4, 0.5) is 5.69 Å². The molecule has 0 fully saturated rings. The van der Waals surface area contributed by atoms with Gasteiger partial charge in [0, 0.05) is 16.2 Å². The number of carbonyl (C=O) groups excluding carboxylic acids is 1. The van der Waals surface area contributed by atoms with Crippen molar-refractivity contribution in [2.24, 2.45) is 5.92 Å². The van der Waals surface area contributed by atoms with Gasteiger partial charge in [0.2, 0.25) is 5.91 Å². The Morgan fingerprint density at radius 2 is 2.00 bits per heavy atom. The Labute approximate surface area is 163 Å². The van der Waals surface area contributed by atoms with Crippen LogP contribution in [0.2, 0.25) is 0 Å². The van der Waals surface area contributed by atoms with E-state index in [2.05, 4.69) is 35.1 Å². The van der Waals surface area contributed by atoms with Gasteiger partial charge in [0.05, 0.1) is 13.7 Å². The molecule has 0 unspecified atom stereocenters. The molecule has 0 spiro atoms. The zero-order chi connectivity index (χ0) is 18.9. The van der Waals surface area contributed by atoms with Gasteiger partial charge < -0.3 is 14.8 Å². The summed E-state index contributed by atoms with van der Waals surface area (Å²) >= 11 is 3.38. The van der Waals surface area contributed by atoms with E-state index in [1.807, 2.05) is 42.5 Å². The first kappa shape index (κ1) is 20.0. The minimum Gasteiger partial charge on any atom is -0.493 e. The quantitative estimate of drug-likeness (QED) is 0.573. The summed E-state index contributed by atoms with van der Waals surface area (Å²) in [5, 5.41) is 2.82. The molecule has 0 saturated carbocycles. The van der Waals surface area contributed by atoms with Crippen LogP contribution in [0, 0.1) is 5.92 Å². The van der Waals surface area contributed by atoms with Crippen molar-refractivity contribution >= 4 is 33.6 Å². The van der Waals surface area contributed by atoms with Crippen LogP contribution in [0.1, 0.15) is 25.8 Å². The highest BCUT2D eigenvalue weighted by molar-refractivity contribution is 9.10. The van der Waals surface area contributed by atoms with E-state index in [0.717, 1.165) is 22.1 Å². The van der Waals surface area contributed by atoms with Crippen LogP contribution in [-0.2, 0) is 4.79 Å². The topological polar surface area (TPSA) is 47.6 Å². The van der Waals surface area contributed by atoms with Crippen LogP contribution in [0.3, 0.4) is 0 Å². The average molecular weight is 418 g/mol. The van der Waals surface area contributed by atoms with Crippen molar-refractivity contribution in [1.82, 2.24) is 0 Å². The highest BCUT2D eigenvalue weighted by Crippen LogP contribution is 2.29. The molecule has 2 rings (SSSR count). The molecule has 0 radical (unpaired) electrons. The number of carbonyl (C=O) groups is 1. The van der Waals surface area contributed by atoms with Gasteiger partial charge in [0.15, 0.2) is 11.5 Å². The third kappa shape index (κ3) is 6.56. The molecule has 0 atom stereocenters. The average Bonchev–Trinajstić information content (AvgIpc) is 2.60. The molecule has 0 aliphatic heterocycles. The first-order valence-corrected chi connectivity index (χ1v) is 9.32. The highest BCUT2D eigenvalue weighted by atomic mass is 79.9. The number of amides is 1. The van der Waals surface area contributed by atoms with Crippen LogP contribution >= 0.6 is 15.9 Å². The van der Waals surface area contributed by atoms with E-state index in [4.69, 9.17) is 9.47 Å². The number of methoxy groups -OCH3 is 1. The summed E-state index contributed by atoms with van der Waals surface area (Å²) in [6.07, 6.45) is 4.23. The number of benzene rings is 2. The molecule has 1 N–H and O–H groups in total. The van der Waals surface area contributed by atoms with Gasteiger partial charge in [0.25, 0.3) is 0 Å². The van der Waals surface area contributed by atoms with Crippen molar-refractivity contribution < 1.29 is 14.3 Å². The molecule has 0 aliphatic carbocycles. The lowest BCUT2D eigenvalue weighted by atomic mass is 10.1. The lowest BCUT2D eigenvalue weighted by molar-refractivity contribution is -0.111. The number of nitrogens with one attached hydrogen (secondary N) is 1. The molecule has 0 saturated heterocycles. The molecular weight excluding hydrogens is 394 g/mol. The van der Waals surface area contributed by atoms with Gasteiger partial charge >= 0.3 is 0 Å². The first-order chi connectivity index (χ1) is 12.5. The van der Waals surface area contributed by atoms with Gasteiger partial charge in [-0.2, -0.15) is 0 Å². The summed E-state index contributed by atoms with van der Waals surface area (Å²) in [5.41, 5.74) is 1.60. The van der Waals surface area contributed by atoms with Crippen molar-refractivity contribution in [3.8, 4) is 11.5 Å². The van der Waals surface area contributed by atoms with Gasteiger partial charge in [-0.15, -0.1) is 0 Å². The van der Waals surface area contributed by atoms with Crippen molar-refractivity contribution in [2.75, 3.05) is 19.0 Å². The van der Waals surface area contributed by atoms with Gasteiger partial charge in [-0.1, -0.05) is 41.9 Å². The van der Waals surface area contributed by atoms with Crippen LogP contribution < -0.4 is 14.8 Å². The highest BCUT2D eigenvalue weighted by Gasteiger charge is 2.06. The molecule has 26 heavy (non-hydrogen) atoms. The Hall–Kier alpha value is -2.27. The first-order valence-electron chi connectivity index (χ1n) is 8.53. The number of ether oxygens (including phenoxy) is 2. The van der Waals surface area contributed by atoms with Gasteiger partial charge in [0.1, 0.15) is 0 Å². The molecule has 1 amide bonds. The standard InChI is InChI=1S/C21H24BrNO3/c1-15(2)11-12-26-19-9-7-16(13-20(19)25-3)8-10-21(24)23-18-6-4-5-17(22)14-18/h4-10,13-15H,11-12H2,1-3H3,(H,23,24)/b10-8+. The molecular formula is C21H24BrNO3. The Morgan fingerprint density at radius 3 is 2.69 bits per heavy atom. The lowest BCUT2D eigenvalue weighted by Gasteiger charge is -2.12. The van der Waals surface area contributed by atoms with Gasteiger partial charge in [-0.05, 0) is 54.3 Å². The van der Waals surface area contributed by atoms with E-state index in [1.165, 1.54) is 6.08 Å². The van der Waals surface area contributed by atoms with Crippen LogP contribution in [0.15, 0.2) is 53.0 Å². The van der Waals surface area contributed by atoms with E-state index in [9.17, 15) is 4.79 Å². The summed E-state index contributed by atoms with van der Waals surface area (Å²) in [4.78, 5) is 12.1. The zero-order valence-corrected chi connectivity index (χ0v) is 16.9. The molecule has 2 aromatic carbocycles. The van der Waals surface area contributed by atoms with Crippen LogP contribution in [0.25, 0.3) is 6.08 Å². The summed E-state index contributed by atoms with van der Waals surface area (Å²) in [6, 6.07) is 13.1. The van der Waals surface area contributed by atoms with Crippen molar-refractivity contribution in [2.45, 2.75) is 20.3 Å². The number of rotatable bonds is 8. The van der Waals surface area contributed by atoms with E-state index in [0.29, 0.717) is 24.0 Å². The Balaban J connectivity index is 1.99. The maximum atomic E-state index is 12.1. The predicted molar refractivity (Wildman–Crippen MR) is 110 cm³/mol. The van der Waals surface area contributed by atoms with Crippen molar-refractivity contribution in [1.29, 1.82) is 0 Å². The normalized spacial score (nSPS) is 11.0. The molecule has 2 aromatic rings. The minimum absolute atomic E-state index is 0.195. The van der Waals surface area contributed by atoms with E-state index < -0.39 is 0 Å². The molecule has 4 nitrogen and oxygen atoms in total. The monoisotopic (exact) mass is 417 g/mol. The number of halogens is 1. The van der Waals surface area contributed by atoms with Crippen LogP contribution in [0.5, 0.6) is 11.5 Å². The molecule has 5 heteroatoms. The fourth-order valence-electron chi connectivity index (χ4n) is 2.23. The molecule has 0 bridgehead atoms. The summed E-state index contributed by atoms with van der Waals surface area (Å²) in [5.74, 6) is 1.76. The van der Waals surface area contributed by atoms with Crippen LogP contribution in [-0.4, -0.2) is 19.6 Å². The second-order valence-corrected chi connectivity index (χ2v) is 7.19. The van der Waals surface area contributed by atoms with E-state index in [1.54, 1.807) is 13.2 Å². The second kappa shape index (κ2) is 10.0. The van der Waals surface area contributed by atoms with Gasteiger partial charge in [-0.3, -0.25) is 4.79 Å². The third-order valence-corrected chi connectivity index (χ3v) is 4.15. The predicted octanol–water partition coefficient (Wildman–Crippen LogP) is 5.53. The molecule has 0 aliphatic rings. The summed E-state index contributed by atoms with van der Waals surface area (Å²) < 4.78 is 12.1. The number of anilines is 1. The largest absolute Gasteiger partial charge is 0.493 e. The van der Waals surface area contributed by atoms with Crippen molar-refractivity contribution in [3.05, 3.63) is 58.6 Å². The fourth-order valence-corrected chi connectivity index (χ4v) is 2.63. The lowest BCUT2D eigenvalue weighted by Crippen LogP contribution is -2.07. The van der Waals surface area contributed by atoms with E-state index >= 15 is 0 Å². The third-order valence-electron chi connectivity index (χ3n) is 3.66. The van der Waals surface area contributed by atoms with E-state index in [-0.39, 0.29) is 5.91 Å². The maximum absolute atomic E-state index is 12.1. The maximum Gasteiger partial charge on any atom is 0.248 e. The minimum atomic E-state index is -0.195. The zero-order valence-electron chi connectivity index (χ0n) is 15.3. The fraction of sp³-hybridized carbons (Fsp3) is 0.286. The summed E-state index contributed by atoms with van der Waals surface area (Å²) in [6.45, 7) is 4.97. The SMILES string of the molecule is COc1cc(/C=C/C(=O)Nc2cccc(Br)c2)ccc1OCCC(C)C. The Bertz CT molecular complexity index is 772. The molecule has 0 heterocycles. The Morgan fingerprint density at radius 1 is 1.19 bits per heavy atom. The summed E-state index contributed by atoms with van der Waals surface area (Å²) in [7, 11) is 1.61. The Kier molecular flexibility index (Phi) is 7.73. The molecule has 0 aromatic heterocycles. The van der Waals surface area contributed by atoms with Gasteiger partial charge in [-0.25, -0.2) is 0 Å². The number of hydrogen-bond donors (Lipinski definition) is 1. The number of hydrogen-bond acceptors (Lipinski definition) is 3. The smallest absolute Gasteiger partial charge is 0.248 e.